The van der Waals surface area contributed by atoms with Gasteiger partial charge in [0.25, 0.3) is 5.91 Å². The molecule has 2 heterocycles. The van der Waals surface area contributed by atoms with E-state index in [1.54, 1.807) is 6.92 Å². The highest BCUT2D eigenvalue weighted by atomic mass is 16.5. The van der Waals surface area contributed by atoms with E-state index >= 15 is 0 Å². The highest BCUT2D eigenvalue weighted by Gasteiger charge is 2.59. The molecule has 1 saturated heterocycles. The largest absolute Gasteiger partial charge is 0.478 e. The van der Waals surface area contributed by atoms with E-state index in [0.29, 0.717) is 11.6 Å². The summed E-state index contributed by atoms with van der Waals surface area (Å²) >= 11 is 0. The van der Waals surface area contributed by atoms with Crippen LogP contribution >= 0.6 is 0 Å². The minimum absolute atomic E-state index is 0.0637. The minimum Gasteiger partial charge on any atom is -0.478 e. The third-order valence-electron chi connectivity index (χ3n) is 4.94. The van der Waals surface area contributed by atoms with Gasteiger partial charge in [0.15, 0.2) is 0 Å². The number of aromatic carboxylic acids is 1. The highest BCUT2D eigenvalue weighted by molar-refractivity contribution is 5.94. The van der Waals surface area contributed by atoms with Gasteiger partial charge in [-0.1, -0.05) is 13.8 Å². The van der Waals surface area contributed by atoms with E-state index in [1.165, 1.54) is 12.1 Å². The Morgan fingerprint density at radius 2 is 2.14 bits per heavy atom. The molecule has 1 aliphatic carbocycles. The van der Waals surface area contributed by atoms with Crippen molar-refractivity contribution in [2.24, 2.45) is 11.3 Å². The predicted molar refractivity (Wildman–Crippen MR) is 78.8 cm³/mol. The average molecular weight is 304 g/mol. The zero-order chi connectivity index (χ0) is 16.1. The zero-order valence-electron chi connectivity index (χ0n) is 12.9. The van der Waals surface area contributed by atoms with Crippen molar-refractivity contribution >= 4 is 11.9 Å². The number of pyridine rings is 1. The molecule has 0 spiro atoms. The Morgan fingerprint density at radius 3 is 2.77 bits per heavy atom. The second kappa shape index (κ2) is 5.05. The Hall–Kier alpha value is -1.95. The van der Waals surface area contributed by atoms with E-state index in [2.05, 4.69) is 24.1 Å². The van der Waals surface area contributed by atoms with E-state index in [1.807, 2.05) is 0 Å². The molecule has 1 saturated carbocycles. The number of hydrogen-bond acceptors (Lipinski definition) is 4. The lowest BCUT2D eigenvalue weighted by atomic mass is 9.57. The van der Waals surface area contributed by atoms with Crippen molar-refractivity contribution in [2.75, 3.05) is 6.61 Å². The molecular weight excluding hydrogens is 284 g/mol. The van der Waals surface area contributed by atoms with Crippen LogP contribution in [0.5, 0.6) is 0 Å². The summed E-state index contributed by atoms with van der Waals surface area (Å²) in [5.74, 6) is -0.940. The number of aryl methyl sites for hydroxylation is 1. The number of rotatable bonds is 3. The van der Waals surface area contributed by atoms with Crippen LogP contribution in [-0.4, -0.2) is 40.7 Å². The van der Waals surface area contributed by atoms with Crippen molar-refractivity contribution < 1.29 is 19.4 Å². The van der Waals surface area contributed by atoms with Gasteiger partial charge in [0, 0.05) is 24.0 Å². The quantitative estimate of drug-likeness (QED) is 0.886. The third-order valence-corrected chi connectivity index (χ3v) is 4.94. The van der Waals surface area contributed by atoms with Crippen LogP contribution < -0.4 is 5.32 Å². The predicted octanol–water partition coefficient (Wildman–Crippen LogP) is 1.63. The number of amides is 1. The maximum Gasteiger partial charge on any atom is 0.337 e. The number of carboxylic acids is 1. The van der Waals surface area contributed by atoms with Gasteiger partial charge >= 0.3 is 5.97 Å². The zero-order valence-corrected chi connectivity index (χ0v) is 12.9. The highest BCUT2D eigenvalue weighted by Crippen LogP contribution is 2.52. The number of ether oxygens (including phenoxy) is 1. The number of nitrogens with one attached hydrogen (secondary N) is 1. The van der Waals surface area contributed by atoms with Gasteiger partial charge in [0.05, 0.1) is 17.4 Å². The summed E-state index contributed by atoms with van der Waals surface area (Å²) in [7, 11) is 0. The van der Waals surface area contributed by atoms with Crippen LogP contribution in [0.1, 0.15) is 46.8 Å². The average Bonchev–Trinajstić information content (AvgIpc) is 2.90. The molecule has 1 aliphatic heterocycles. The SMILES string of the molecule is Cc1nc(C(=O)NC2C3CCOC3C2(C)C)ccc1C(=O)O. The first kappa shape index (κ1) is 15.0. The van der Waals surface area contributed by atoms with Gasteiger partial charge in [0.2, 0.25) is 0 Å². The van der Waals surface area contributed by atoms with E-state index < -0.39 is 5.97 Å². The minimum atomic E-state index is -1.04. The van der Waals surface area contributed by atoms with Gasteiger partial charge in [-0.3, -0.25) is 4.79 Å². The molecule has 2 N–H and O–H groups in total. The van der Waals surface area contributed by atoms with Crippen LogP contribution in [-0.2, 0) is 4.74 Å². The lowest BCUT2D eigenvalue weighted by Crippen LogP contribution is -2.66. The van der Waals surface area contributed by atoms with Crippen LogP contribution in [0.25, 0.3) is 0 Å². The van der Waals surface area contributed by atoms with Gasteiger partial charge in [-0.15, -0.1) is 0 Å². The van der Waals surface area contributed by atoms with Crippen molar-refractivity contribution in [3.05, 3.63) is 29.1 Å². The van der Waals surface area contributed by atoms with Crippen LogP contribution in [0.2, 0.25) is 0 Å². The van der Waals surface area contributed by atoms with E-state index in [4.69, 9.17) is 9.84 Å². The van der Waals surface area contributed by atoms with Crippen LogP contribution in [0.3, 0.4) is 0 Å². The van der Waals surface area contributed by atoms with Gasteiger partial charge in [-0.2, -0.15) is 0 Å². The van der Waals surface area contributed by atoms with Crippen molar-refractivity contribution in [1.29, 1.82) is 0 Å². The maximum atomic E-state index is 12.4. The molecule has 2 fully saturated rings. The normalized spacial score (nSPS) is 28.6. The number of fused-ring (bicyclic) bond motifs is 1. The summed E-state index contributed by atoms with van der Waals surface area (Å²) in [6.07, 6.45) is 1.17. The number of nitrogens with zero attached hydrogens (tertiary/aromatic N) is 1. The fraction of sp³-hybridized carbons (Fsp3) is 0.562. The number of hydrogen-bond donors (Lipinski definition) is 2. The Labute approximate surface area is 128 Å². The maximum absolute atomic E-state index is 12.4. The molecule has 6 nitrogen and oxygen atoms in total. The first-order valence-electron chi connectivity index (χ1n) is 7.46. The van der Waals surface area contributed by atoms with Crippen molar-refractivity contribution in [3.8, 4) is 0 Å². The number of carbonyl (C=O) groups excluding carboxylic acids is 1. The lowest BCUT2D eigenvalue weighted by molar-refractivity contribution is -0.108. The Bertz CT molecular complexity index is 641. The van der Waals surface area contributed by atoms with Crippen molar-refractivity contribution in [1.82, 2.24) is 10.3 Å². The Morgan fingerprint density at radius 1 is 1.41 bits per heavy atom. The van der Waals surface area contributed by atoms with Crippen LogP contribution in [0.4, 0.5) is 0 Å². The molecule has 1 aromatic heterocycles. The number of carboxylic acid groups (broad SMARTS) is 1. The summed E-state index contributed by atoms with van der Waals surface area (Å²) in [6.45, 7) is 6.53. The first-order valence-corrected chi connectivity index (χ1v) is 7.46. The lowest BCUT2D eigenvalue weighted by Gasteiger charge is -2.54. The molecule has 3 rings (SSSR count). The Balaban J connectivity index is 1.75. The Kier molecular flexibility index (Phi) is 3.44. The fourth-order valence-electron chi connectivity index (χ4n) is 3.75. The molecular formula is C16H20N2O4. The number of carbonyl (C=O) groups is 2. The summed E-state index contributed by atoms with van der Waals surface area (Å²) in [6, 6.07) is 2.95. The van der Waals surface area contributed by atoms with E-state index in [9.17, 15) is 9.59 Å². The van der Waals surface area contributed by atoms with Crippen molar-refractivity contribution in [2.45, 2.75) is 39.3 Å². The molecule has 1 amide bonds. The molecule has 3 atom stereocenters. The second-order valence-electron chi connectivity index (χ2n) is 6.65. The van der Waals surface area contributed by atoms with Crippen LogP contribution in [0.15, 0.2) is 12.1 Å². The van der Waals surface area contributed by atoms with Gasteiger partial charge < -0.3 is 15.2 Å². The smallest absolute Gasteiger partial charge is 0.337 e. The topological polar surface area (TPSA) is 88.5 Å². The first-order chi connectivity index (χ1) is 10.3. The van der Waals surface area contributed by atoms with E-state index in [0.717, 1.165) is 13.0 Å². The molecule has 3 unspecified atom stereocenters. The van der Waals surface area contributed by atoms with Gasteiger partial charge in [-0.05, 0) is 25.5 Å². The number of aromatic nitrogens is 1. The third kappa shape index (κ3) is 2.18. The standard InChI is InChI=1S/C16H20N2O4/c1-8-9(15(20)21)4-5-11(17-8)14(19)18-12-10-6-7-22-13(10)16(12,2)3/h4-5,10,12-13H,6-7H2,1-3H3,(H,18,19)(H,20,21). The molecule has 22 heavy (non-hydrogen) atoms. The van der Waals surface area contributed by atoms with Crippen LogP contribution in [0, 0.1) is 18.3 Å². The molecule has 0 aromatic carbocycles. The molecule has 1 aromatic rings. The monoisotopic (exact) mass is 304 g/mol. The second-order valence-corrected chi connectivity index (χ2v) is 6.65. The van der Waals surface area contributed by atoms with Gasteiger partial charge in [-0.25, -0.2) is 9.78 Å². The molecule has 2 aliphatic rings. The summed E-state index contributed by atoms with van der Waals surface area (Å²) in [5, 5.41) is 12.0. The summed E-state index contributed by atoms with van der Waals surface area (Å²) in [5.41, 5.74) is 0.618. The molecule has 118 valence electrons. The summed E-state index contributed by atoms with van der Waals surface area (Å²) in [4.78, 5) is 27.5. The van der Waals surface area contributed by atoms with Crippen molar-refractivity contribution in [3.63, 3.8) is 0 Å². The fourth-order valence-corrected chi connectivity index (χ4v) is 3.75. The molecule has 6 heteroatoms. The van der Waals surface area contributed by atoms with E-state index in [-0.39, 0.29) is 34.7 Å². The summed E-state index contributed by atoms with van der Waals surface area (Å²) < 4.78 is 5.71. The molecule has 0 radical (unpaired) electrons. The molecule has 0 bridgehead atoms. The van der Waals surface area contributed by atoms with Gasteiger partial charge in [0.1, 0.15) is 5.69 Å².